The molecule has 0 amide bonds. The van der Waals surface area contributed by atoms with Gasteiger partial charge in [0.15, 0.2) is 0 Å². The van der Waals surface area contributed by atoms with E-state index in [4.69, 9.17) is 0 Å². The molecule has 0 atom stereocenters. The van der Waals surface area contributed by atoms with Crippen LogP contribution in [0.4, 0.5) is 0 Å². The van der Waals surface area contributed by atoms with Gasteiger partial charge in [-0.05, 0) is 77.0 Å². The Morgan fingerprint density at radius 1 is 0.594 bits per heavy atom. The van der Waals surface area contributed by atoms with Crippen molar-refractivity contribution < 1.29 is 31.3 Å². The van der Waals surface area contributed by atoms with Crippen molar-refractivity contribution in [2.75, 3.05) is 0 Å². The van der Waals surface area contributed by atoms with Gasteiger partial charge < -0.3 is 5.11 Å². The third-order valence-corrected chi connectivity index (χ3v) is 5.36. The molecule has 32 heavy (non-hydrogen) atoms. The van der Waals surface area contributed by atoms with Gasteiger partial charge in [-0.15, -0.1) is 35.9 Å². The van der Waals surface area contributed by atoms with Crippen LogP contribution in [0.15, 0.2) is 60.7 Å². The van der Waals surface area contributed by atoms with Crippen LogP contribution in [-0.2, 0) is 26.2 Å². The topological polar surface area (TPSA) is 20.2 Å². The first-order valence-electron chi connectivity index (χ1n) is 11.1. The summed E-state index contributed by atoms with van der Waals surface area (Å²) < 4.78 is 0. The first-order chi connectivity index (χ1) is 15.3. The molecular weight excluding hydrogens is 468 g/mol. The van der Waals surface area contributed by atoms with E-state index in [1.165, 1.54) is 6.42 Å². The Bertz CT molecular complexity index is 714. The monoisotopic (exact) mass is 497 g/mol. The summed E-state index contributed by atoms with van der Waals surface area (Å²) in [5.41, 5.74) is 2.30. The standard InChI is InChI=1S/C20H21O.2C5H5.Zr/c21-20(14-8-3-9-15-20)19(18-12-6-2-7-13-18)16-17-10-4-1-5-11-17;2*1-2-4-5-3-1;/h1-2,4-7,10-13,21H,3,8-9,14-15H2;2*1-5H;/q-1;;;. The fourth-order valence-electron chi connectivity index (χ4n) is 3.76. The van der Waals surface area contributed by atoms with Crippen LogP contribution < -0.4 is 0 Å². The first-order valence-corrected chi connectivity index (χ1v) is 11.1. The molecule has 3 saturated carbocycles. The van der Waals surface area contributed by atoms with Crippen molar-refractivity contribution in [1.29, 1.82) is 0 Å². The van der Waals surface area contributed by atoms with Gasteiger partial charge in [-0.1, -0.05) is 66.8 Å². The molecule has 2 aromatic rings. The number of benzene rings is 2. The van der Waals surface area contributed by atoms with Gasteiger partial charge in [0.25, 0.3) is 0 Å². The van der Waals surface area contributed by atoms with Gasteiger partial charge >= 0.3 is 0 Å². The molecule has 1 N–H and O–H groups in total. The molecule has 0 spiro atoms. The quantitative estimate of drug-likeness (QED) is 0.371. The third kappa shape index (κ3) is 9.48. The molecular formula is C30H31OZr-. The van der Waals surface area contributed by atoms with Crippen LogP contribution in [0.1, 0.15) is 43.2 Å². The van der Waals surface area contributed by atoms with E-state index in [0.717, 1.165) is 42.4 Å². The zero-order chi connectivity index (χ0) is 21.6. The average molecular weight is 499 g/mol. The Kier molecular flexibility index (Phi) is 13.5. The van der Waals surface area contributed by atoms with Gasteiger partial charge in [0.05, 0.1) is 5.60 Å². The molecule has 3 aliphatic carbocycles. The van der Waals surface area contributed by atoms with Crippen molar-refractivity contribution in [3.8, 4) is 0 Å². The summed E-state index contributed by atoms with van der Waals surface area (Å²) in [5.74, 6) is 0. The van der Waals surface area contributed by atoms with E-state index in [0.29, 0.717) is 0 Å². The normalized spacial score (nSPS) is 19.6. The largest absolute Gasteiger partial charge is 0.387 e. The average Bonchev–Trinajstić information content (AvgIpc) is 3.59. The summed E-state index contributed by atoms with van der Waals surface area (Å²) >= 11 is 0. The SMILES string of the molecule is OC1(C(=[C-]c2ccccc2)c2ccccc2)CCCCC1.[CH]1[CH][CH][CH][CH]1.[CH]1[CH][CH][CH][CH]1.[Zr]. The van der Waals surface area contributed by atoms with Crippen LogP contribution in [0.2, 0.25) is 0 Å². The molecule has 10 radical (unpaired) electrons. The number of hydrogen-bond donors (Lipinski definition) is 1. The molecule has 0 aromatic heterocycles. The van der Waals surface area contributed by atoms with E-state index in [1.54, 1.807) is 0 Å². The second kappa shape index (κ2) is 15.8. The predicted octanol–water partition coefficient (Wildman–Crippen LogP) is 6.66. The van der Waals surface area contributed by atoms with Gasteiger partial charge in [-0.2, -0.15) is 0 Å². The second-order valence-corrected chi connectivity index (χ2v) is 7.75. The molecule has 0 heterocycles. The fourth-order valence-corrected chi connectivity index (χ4v) is 3.76. The van der Waals surface area contributed by atoms with Crippen molar-refractivity contribution in [3.05, 3.63) is 142 Å². The Labute approximate surface area is 215 Å². The maximum atomic E-state index is 11.1. The smallest absolute Gasteiger partial charge is 0.0734 e. The first kappa shape index (κ1) is 27.3. The summed E-state index contributed by atoms with van der Waals surface area (Å²) in [4.78, 5) is 0. The Morgan fingerprint density at radius 2 is 1.00 bits per heavy atom. The molecule has 2 aromatic carbocycles. The van der Waals surface area contributed by atoms with Crippen LogP contribution in [-0.4, -0.2) is 10.7 Å². The Balaban J connectivity index is 0.000000271. The van der Waals surface area contributed by atoms with Crippen molar-refractivity contribution in [2.45, 2.75) is 37.7 Å². The van der Waals surface area contributed by atoms with Crippen LogP contribution in [0.3, 0.4) is 0 Å². The minimum atomic E-state index is -0.741. The summed E-state index contributed by atoms with van der Waals surface area (Å²) in [6.07, 6.45) is 28.5. The Morgan fingerprint density at radius 3 is 1.44 bits per heavy atom. The summed E-state index contributed by atoms with van der Waals surface area (Å²) in [6.45, 7) is 0. The maximum absolute atomic E-state index is 11.1. The van der Waals surface area contributed by atoms with Gasteiger partial charge in [-0.3, -0.25) is 0 Å². The van der Waals surface area contributed by atoms with E-state index in [-0.39, 0.29) is 26.2 Å². The molecule has 0 saturated heterocycles. The molecule has 5 rings (SSSR count). The molecule has 162 valence electrons. The van der Waals surface area contributed by atoms with E-state index < -0.39 is 5.60 Å². The molecule has 0 unspecified atom stereocenters. The van der Waals surface area contributed by atoms with E-state index in [2.05, 4.69) is 18.2 Å². The van der Waals surface area contributed by atoms with E-state index >= 15 is 0 Å². The summed E-state index contributed by atoms with van der Waals surface area (Å²) in [6, 6.07) is 20.3. The summed E-state index contributed by atoms with van der Waals surface area (Å²) in [7, 11) is 0. The zero-order valence-electron chi connectivity index (χ0n) is 18.5. The van der Waals surface area contributed by atoms with Crippen molar-refractivity contribution in [3.63, 3.8) is 0 Å². The predicted molar refractivity (Wildman–Crippen MR) is 130 cm³/mol. The maximum Gasteiger partial charge on any atom is 0.0734 e. The molecule has 3 fully saturated rings. The molecule has 0 bridgehead atoms. The van der Waals surface area contributed by atoms with Crippen LogP contribution in [0, 0.1) is 70.3 Å². The van der Waals surface area contributed by atoms with E-state index in [9.17, 15) is 5.11 Å². The van der Waals surface area contributed by atoms with Crippen molar-refractivity contribution in [1.82, 2.24) is 0 Å². The summed E-state index contributed by atoms with van der Waals surface area (Å²) in [5, 5.41) is 11.1. The zero-order valence-corrected chi connectivity index (χ0v) is 21.0. The van der Waals surface area contributed by atoms with E-state index in [1.807, 2.05) is 113 Å². The number of hydrogen-bond acceptors (Lipinski definition) is 1. The van der Waals surface area contributed by atoms with Crippen molar-refractivity contribution in [2.24, 2.45) is 0 Å². The molecule has 1 nitrogen and oxygen atoms in total. The second-order valence-electron chi connectivity index (χ2n) is 7.75. The van der Waals surface area contributed by atoms with Crippen LogP contribution in [0.25, 0.3) is 5.57 Å². The van der Waals surface area contributed by atoms with Crippen LogP contribution in [0.5, 0.6) is 0 Å². The number of rotatable bonds is 3. The minimum Gasteiger partial charge on any atom is -0.387 e. The van der Waals surface area contributed by atoms with Crippen molar-refractivity contribution >= 4 is 5.57 Å². The molecule has 0 aliphatic heterocycles. The van der Waals surface area contributed by atoms with Gasteiger partial charge in [0, 0.05) is 26.2 Å². The van der Waals surface area contributed by atoms with Gasteiger partial charge in [0.2, 0.25) is 0 Å². The Hall–Kier alpha value is -0.977. The van der Waals surface area contributed by atoms with Crippen LogP contribution >= 0.6 is 0 Å². The molecule has 3 aliphatic rings. The van der Waals surface area contributed by atoms with Gasteiger partial charge in [0.1, 0.15) is 0 Å². The fraction of sp³-hybridized carbons (Fsp3) is 0.200. The minimum absolute atomic E-state index is 0. The molecule has 2 heteroatoms. The van der Waals surface area contributed by atoms with Gasteiger partial charge in [-0.25, -0.2) is 0 Å². The number of aliphatic hydroxyl groups is 1. The third-order valence-electron chi connectivity index (χ3n) is 5.36.